The number of rotatable bonds is 2. The SMILES string of the molecule is O=C(Nc1cccnc1)N1CCCC(C2OCCO2)C1. The molecule has 0 bridgehead atoms. The van der Waals surface area contributed by atoms with E-state index in [4.69, 9.17) is 9.47 Å². The minimum atomic E-state index is -0.149. The van der Waals surface area contributed by atoms with Gasteiger partial charge in [0.1, 0.15) is 0 Å². The first kappa shape index (κ1) is 13.3. The van der Waals surface area contributed by atoms with E-state index in [0.29, 0.717) is 25.4 Å². The molecule has 0 aromatic carbocycles. The molecule has 1 aromatic heterocycles. The zero-order chi connectivity index (χ0) is 13.8. The van der Waals surface area contributed by atoms with Crippen LogP contribution in [0.25, 0.3) is 0 Å². The van der Waals surface area contributed by atoms with Gasteiger partial charge in [-0.2, -0.15) is 0 Å². The first-order valence-corrected chi connectivity index (χ1v) is 7.02. The Hall–Kier alpha value is -1.66. The Morgan fingerprint density at radius 2 is 2.25 bits per heavy atom. The molecule has 0 saturated carbocycles. The molecule has 6 nitrogen and oxygen atoms in total. The lowest BCUT2D eigenvalue weighted by Crippen LogP contribution is -2.45. The Morgan fingerprint density at radius 3 is 3.00 bits per heavy atom. The second-order valence-electron chi connectivity index (χ2n) is 5.13. The van der Waals surface area contributed by atoms with Crippen molar-refractivity contribution >= 4 is 11.7 Å². The number of carbonyl (C=O) groups excluding carboxylic acids is 1. The van der Waals surface area contributed by atoms with Crippen LogP contribution in [0, 0.1) is 5.92 Å². The van der Waals surface area contributed by atoms with E-state index in [1.807, 2.05) is 11.0 Å². The van der Waals surface area contributed by atoms with Gasteiger partial charge in [0.05, 0.1) is 25.1 Å². The number of piperidine rings is 1. The molecule has 3 rings (SSSR count). The summed E-state index contributed by atoms with van der Waals surface area (Å²) in [5, 5.41) is 2.87. The van der Waals surface area contributed by atoms with Crippen LogP contribution >= 0.6 is 0 Å². The Balaban J connectivity index is 1.57. The fraction of sp³-hybridized carbons (Fsp3) is 0.571. The van der Waals surface area contributed by atoms with Crippen LogP contribution < -0.4 is 5.32 Å². The number of amides is 2. The average molecular weight is 277 g/mol. The first-order valence-electron chi connectivity index (χ1n) is 7.02. The summed E-state index contributed by atoms with van der Waals surface area (Å²) in [4.78, 5) is 18.0. The van der Waals surface area contributed by atoms with E-state index in [-0.39, 0.29) is 18.2 Å². The van der Waals surface area contributed by atoms with Crippen molar-refractivity contribution in [2.45, 2.75) is 19.1 Å². The summed E-state index contributed by atoms with van der Waals surface area (Å²) in [5.41, 5.74) is 0.716. The van der Waals surface area contributed by atoms with Gasteiger partial charge in [-0.25, -0.2) is 4.79 Å². The van der Waals surface area contributed by atoms with Gasteiger partial charge in [0.15, 0.2) is 6.29 Å². The molecule has 0 radical (unpaired) electrons. The number of ether oxygens (including phenoxy) is 2. The van der Waals surface area contributed by atoms with Gasteiger partial charge in [-0.05, 0) is 25.0 Å². The second-order valence-corrected chi connectivity index (χ2v) is 5.13. The molecule has 1 atom stereocenters. The quantitative estimate of drug-likeness (QED) is 0.893. The van der Waals surface area contributed by atoms with Gasteiger partial charge in [0.25, 0.3) is 0 Å². The summed E-state index contributed by atoms with van der Waals surface area (Å²) >= 11 is 0. The molecule has 2 fully saturated rings. The predicted molar refractivity (Wildman–Crippen MR) is 73.2 cm³/mol. The third-order valence-electron chi connectivity index (χ3n) is 3.69. The summed E-state index contributed by atoms with van der Waals surface area (Å²) in [7, 11) is 0. The van der Waals surface area contributed by atoms with E-state index in [0.717, 1.165) is 19.4 Å². The van der Waals surface area contributed by atoms with Gasteiger partial charge in [0, 0.05) is 25.2 Å². The molecule has 1 unspecified atom stereocenters. The number of hydrogen-bond donors (Lipinski definition) is 1. The van der Waals surface area contributed by atoms with Gasteiger partial charge in [-0.3, -0.25) is 4.98 Å². The van der Waals surface area contributed by atoms with Gasteiger partial charge >= 0.3 is 6.03 Å². The van der Waals surface area contributed by atoms with Crippen molar-refractivity contribution in [2.24, 2.45) is 5.92 Å². The van der Waals surface area contributed by atoms with Gasteiger partial charge < -0.3 is 19.7 Å². The molecule has 1 aromatic rings. The zero-order valence-corrected chi connectivity index (χ0v) is 11.3. The van der Waals surface area contributed by atoms with Gasteiger partial charge in [-0.1, -0.05) is 0 Å². The number of aromatic nitrogens is 1. The molecule has 108 valence electrons. The van der Waals surface area contributed by atoms with Crippen molar-refractivity contribution in [2.75, 3.05) is 31.6 Å². The lowest BCUT2D eigenvalue weighted by atomic mass is 9.98. The minimum absolute atomic E-state index is 0.0827. The Bertz CT molecular complexity index is 448. The van der Waals surface area contributed by atoms with E-state index in [1.165, 1.54) is 0 Å². The lowest BCUT2D eigenvalue weighted by molar-refractivity contribution is -0.0959. The van der Waals surface area contributed by atoms with E-state index in [1.54, 1.807) is 18.5 Å². The van der Waals surface area contributed by atoms with Crippen molar-refractivity contribution in [1.82, 2.24) is 9.88 Å². The molecule has 20 heavy (non-hydrogen) atoms. The maximum Gasteiger partial charge on any atom is 0.321 e. The minimum Gasteiger partial charge on any atom is -0.350 e. The lowest BCUT2D eigenvalue weighted by Gasteiger charge is -2.34. The maximum atomic E-state index is 12.2. The van der Waals surface area contributed by atoms with Crippen molar-refractivity contribution in [3.05, 3.63) is 24.5 Å². The summed E-state index contributed by atoms with van der Waals surface area (Å²) in [6.45, 7) is 2.76. The number of hydrogen-bond acceptors (Lipinski definition) is 4. The highest BCUT2D eigenvalue weighted by atomic mass is 16.7. The summed E-state index contributed by atoms with van der Waals surface area (Å²) in [6, 6.07) is 3.55. The highest BCUT2D eigenvalue weighted by Crippen LogP contribution is 2.25. The highest BCUT2D eigenvalue weighted by molar-refractivity contribution is 5.89. The highest BCUT2D eigenvalue weighted by Gasteiger charge is 2.32. The van der Waals surface area contributed by atoms with Crippen LogP contribution in [-0.4, -0.2) is 48.5 Å². The van der Waals surface area contributed by atoms with Crippen molar-refractivity contribution in [1.29, 1.82) is 0 Å². The molecule has 2 aliphatic heterocycles. The smallest absolute Gasteiger partial charge is 0.321 e. The Labute approximate surface area is 118 Å². The molecular weight excluding hydrogens is 258 g/mol. The van der Waals surface area contributed by atoms with Crippen LogP contribution in [0.5, 0.6) is 0 Å². The standard InChI is InChI=1S/C14H19N3O3/c18-14(16-12-4-1-5-15-9-12)17-6-2-3-11(10-17)13-19-7-8-20-13/h1,4-5,9,11,13H,2-3,6-8,10H2,(H,16,18). The van der Waals surface area contributed by atoms with Crippen LogP contribution in [0.2, 0.25) is 0 Å². The maximum absolute atomic E-state index is 12.2. The third-order valence-corrected chi connectivity index (χ3v) is 3.69. The van der Waals surface area contributed by atoms with Crippen LogP contribution in [0.1, 0.15) is 12.8 Å². The van der Waals surface area contributed by atoms with Crippen molar-refractivity contribution in [3.8, 4) is 0 Å². The molecule has 0 aliphatic carbocycles. The summed E-state index contributed by atoms with van der Waals surface area (Å²) in [6.07, 6.45) is 5.20. The van der Waals surface area contributed by atoms with Crippen LogP contribution in [0.15, 0.2) is 24.5 Å². The molecule has 2 aliphatic rings. The molecular formula is C14H19N3O3. The van der Waals surface area contributed by atoms with E-state index >= 15 is 0 Å². The average Bonchev–Trinajstić information content (AvgIpc) is 3.03. The summed E-state index contributed by atoms with van der Waals surface area (Å²) < 4.78 is 11.1. The zero-order valence-electron chi connectivity index (χ0n) is 11.3. The number of carbonyl (C=O) groups is 1. The molecule has 0 spiro atoms. The first-order chi connectivity index (χ1) is 9.83. The monoisotopic (exact) mass is 277 g/mol. The Kier molecular flexibility index (Phi) is 4.13. The second kappa shape index (κ2) is 6.19. The van der Waals surface area contributed by atoms with Crippen LogP contribution in [0.4, 0.5) is 10.5 Å². The number of nitrogens with zero attached hydrogens (tertiary/aromatic N) is 2. The van der Waals surface area contributed by atoms with Crippen LogP contribution in [-0.2, 0) is 9.47 Å². The topological polar surface area (TPSA) is 63.7 Å². The fourth-order valence-electron chi connectivity index (χ4n) is 2.70. The number of pyridine rings is 1. The van der Waals surface area contributed by atoms with Gasteiger partial charge in [-0.15, -0.1) is 0 Å². The third kappa shape index (κ3) is 3.08. The predicted octanol–water partition coefficient (Wildman–Crippen LogP) is 1.70. The van der Waals surface area contributed by atoms with Crippen LogP contribution in [0.3, 0.4) is 0 Å². The van der Waals surface area contributed by atoms with Gasteiger partial charge in [0.2, 0.25) is 0 Å². The molecule has 1 N–H and O–H groups in total. The normalized spacial score (nSPS) is 23.8. The number of nitrogens with one attached hydrogen (secondary N) is 1. The van der Waals surface area contributed by atoms with E-state index in [2.05, 4.69) is 10.3 Å². The number of likely N-dealkylation sites (tertiary alicyclic amines) is 1. The fourth-order valence-corrected chi connectivity index (χ4v) is 2.70. The molecule has 3 heterocycles. The van der Waals surface area contributed by atoms with E-state index in [9.17, 15) is 4.79 Å². The number of anilines is 1. The number of urea groups is 1. The molecule has 6 heteroatoms. The molecule has 2 amide bonds. The van der Waals surface area contributed by atoms with Crippen molar-refractivity contribution < 1.29 is 14.3 Å². The largest absolute Gasteiger partial charge is 0.350 e. The van der Waals surface area contributed by atoms with Crippen molar-refractivity contribution in [3.63, 3.8) is 0 Å². The summed E-state index contributed by atoms with van der Waals surface area (Å²) in [5.74, 6) is 0.269. The van der Waals surface area contributed by atoms with E-state index < -0.39 is 0 Å². The Morgan fingerprint density at radius 1 is 1.40 bits per heavy atom. The molecule has 2 saturated heterocycles.